The minimum absolute atomic E-state index is 0.000890. The fourth-order valence-electron chi connectivity index (χ4n) is 1.77. The summed E-state index contributed by atoms with van der Waals surface area (Å²) < 4.78 is 1.95. The summed E-state index contributed by atoms with van der Waals surface area (Å²) in [4.78, 5) is 16.1. The number of hydrogen-bond acceptors (Lipinski definition) is 3. The lowest BCUT2D eigenvalue weighted by Gasteiger charge is -2.02. The van der Waals surface area contributed by atoms with Gasteiger partial charge < -0.3 is 10.1 Å². The highest BCUT2D eigenvalue weighted by Crippen LogP contribution is 2.19. The molecule has 84 valence electrons. The highest BCUT2D eigenvalue weighted by atomic mass is 16.1. The van der Waals surface area contributed by atoms with Gasteiger partial charge in [-0.3, -0.25) is 4.79 Å². The topological polar surface area (TPSA) is 60.4 Å². The number of nitrogens with two attached hydrogens (primary N) is 1. The van der Waals surface area contributed by atoms with E-state index in [1.807, 2.05) is 28.8 Å². The smallest absolute Gasteiger partial charge is 0.196 e. The molecule has 4 heteroatoms. The highest BCUT2D eigenvalue weighted by Gasteiger charge is 2.17. The van der Waals surface area contributed by atoms with Crippen molar-refractivity contribution in [3.8, 4) is 0 Å². The lowest BCUT2D eigenvalue weighted by molar-refractivity contribution is 0.0998. The standard InChI is InChI=1S/C12H15N3O/c1-8(2)12-14-11(10(16)7-13)9-5-3-4-6-15(9)12/h3-6,8H,7,13H2,1-2H3. The normalized spacial score (nSPS) is 11.2. The highest BCUT2D eigenvalue weighted by molar-refractivity contribution is 6.01. The molecule has 0 bridgehead atoms. The lowest BCUT2D eigenvalue weighted by Crippen LogP contribution is -2.14. The van der Waals surface area contributed by atoms with E-state index >= 15 is 0 Å². The molecule has 2 rings (SSSR count). The number of fused-ring (bicyclic) bond motifs is 1. The molecule has 0 radical (unpaired) electrons. The zero-order valence-corrected chi connectivity index (χ0v) is 9.47. The fourth-order valence-corrected chi connectivity index (χ4v) is 1.77. The van der Waals surface area contributed by atoms with Crippen molar-refractivity contribution in [2.24, 2.45) is 5.73 Å². The first-order valence-electron chi connectivity index (χ1n) is 5.35. The molecule has 0 atom stereocenters. The summed E-state index contributed by atoms with van der Waals surface area (Å²) in [6.45, 7) is 4.11. The molecule has 0 unspecified atom stereocenters. The van der Waals surface area contributed by atoms with Crippen LogP contribution in [0.1, 0.15) is 36.1 Å². The largest absolute Gasteiger partial charge is 0.324 e. The summed E-state index contributed by atoms with van der Waals surface area (Å²) in [5.41, 5.74) is 6.70. The number of ketones is 1. The van der Waals surface area contributed by atoms with Gasteiger partial charge in [-0.1, -0.05) is 19.9 Å². The van der Waals surface area contributed by atoms with Crippen molar-refractivity contribution in [3.05, 3.63) is 35.9 Å². The number of carbonyl (C=O) groups excluding carboxylic acids is 1. The number of imidazole rings is 1. The van der Waals surface area contributed by atoms with Crippen LogP contribution >= 0.6 is 0 Å². The van der Waals surface area contributed by atoms with Crippen LogP contribution in [0.4, 0.5) is 0 Å². The number of hydrogen-bond donors (Lipinski definition) is 1. The van der Waals surface area contributed by atoms with Crippen molar-refractivity contribution in [3.63, 3.8) is 0 Å². The van der Waals surface area contributed by atoms with Crippen LogP contribution in [0.25, 0.3) is 5.52 Å². The Bertz CT molecular complexity index is 528. The third-order valence-electron chi connectivity index (χ3n) is 2.54. The molecule has 16 heavy (non-hydrogen) atoms. The van der Waals surface area contributed by atoms with Gasteiger partial charge in [0.2, 0.25) is 0 Å². The Kier molecular flexibility index (Phi) is 2.75. The third-order valence-corrected chi connectivity index (χ3v) is 2.54. The molecule has 2 heterocycles. The molecule has 0 spiro atoms. The van der Waals surface area contributed by atoms with Crippen LogP contribution in [0.3, 0.4) is 0 Å². The number of rotatable bonds is 3. The molecule has 0 saturated heterocycles. The van der Waals surface area contributed by atoms with Gasteiger partial charge >= 0.3 is 0 Å². The second-order valence-corrected chi connectivity index (χ2v) is 4.06. The predicted octanol–water partition coefficient (Wildman–Crippen LogP) is 1.60. The first kappa shape index (κ1) is 10.8. The summed E-state index contributed by atoms with van der Waals surface area (Å²) in [6.07, 6.45) is 1.92. The predicted molar refractivity (Wildman–Crippen MR) is 62.7 cm³/mol. The van der Waals surface area contributed by atoms with Gasteiger partial charge in [0, 0.05) is 12.1 Å². The van der Waals surface area contributed by atoms with E-state index in [1.165, 1.54) is 0 Å². The molecule has 2 aromatic rings. The number of Topliss-reactive ketones (excluding diaryl/α,β-unsaturated/α-hetero) is 1. The Morgan fingerprint density at radius 1 is 1.50 bits per heavy atom. The zero-order chi connectivity index (χ0) is 11.7. The third kappa shape index (κ3) is 1.61. The Morgan fingerprint density at radius 2 is 2.25 bits per heavy atom. The molecular weight excluding hydrogens is 202 g/mol. The summed E-state index contributed by atoms with van der Waals surface area (Å²) in [6, 6.07) is 5.72. The minimum Gasteiger partial charge on any atom is -0.324 e. The van der Waals surface area contributed by atoms with Crippen LogP contribution in [0.5, 0.6) is 0 Å². The molecule has 0 aliphatic heterocycles. The summed E-state index contributed by atoms with van der Waals surface area (Å²) in [5, 5.41) is 0. The van der Waals surface area contributed by atoms with E-state index in [9.17, 15) is 4.79 Å². The fraction of sp³-hybridized carbons (Fsp3) is 0.333. The van der Waals surface area contributed by atoms with Crippen LogP contribution in [0, 0.1) is 0 Å². The van der Waals surface area contributed by atoms with Gasteiger partial charge in [-0.15, -0.1) is 0 Å². The minimum atomic E-state index is -0.115. The number of nitrogens with zero attached hydrogens (tertiary/aromatic N) is 2. The molecule has 0 aliphatic carbocycles. The molecule has 2 N–H and O–H groups in total. The molecule has 0 saturated carbocycles. The van der Waals surface area contributed by atoms with Gasteiger partial charge in [0.1, 0.15) is 11.5 Å². The molecule has 0 aliphatic rings. The van der Waals surface area contributed by atoms with Gasteiger partial charge in [0.25, 0.3) is 0 Å². The van der Waals surface area contributed by atoms with Crippen LogP contribution < -0.4 is 5.73 Å². The maximum atomic E-state index is 11.7. The van der Waals surface area contributed by atoms with Crippen molar-refractivity contribution in [1.29, 1.82) is 0 Å². The van der Waals surface area contributed by atoms with E-state index in [1.54, 1.807) is 0 Å². The molecular formula is C12H15N3O. The van der Waals surface area contributed by atoms with Crippen LogP contribution in [0.15, 0.2) is 24.4 Å². The quantitative estimate of drug-likeness (QED) is 0.794. The first-order valence-corrected chi connectivity index (χ1v) is 5.35. The summed E-state index contributed by atoms with van der Waals surface area (Å²) in [5.74, 6) is 1.05. The van der Waals surface area contributed by atoms with E-state index in [0.717, 1.165) is 11.3 Å². The number of aromatic nitrogens is 2. The van der Waals surface area contributed by atoms with Crippen molar-refractivity contribution < 1.29 is 4.79 Å². The molecule has 2 aromatic heterocycles. The lowest BCUT2D eigenvalue weighted by atomic mass is 10.2. The number of carbonyl (C=O) groups is 1. The van der Waals surface area contributed by atoms with Gasteiger partial charge in [-0.2, -0.15) is 0 Å². The van der Waals surface area contributed by atoms with Crippen molar-refractivity contribution in [2.45, 2.75) is 19.8 Å². The van der Waals surface area contributed by atoms with Gasteiger partial charge in [-0.25, -0.2) is 4.98 Å². The van der Waals surface area contributed by atoms with E-state index in [-0.39, 0.29) is 18.2 Å². The van der Waals surface area contributed by atoms with Crippen LogP contribution in [0.2, 0.25) is 0 Å². The van der Waals surface area contributed by atoms with Crippen molar-refractivity contribution in [1.82, 2.24) is 9.38 Å². The van der Waals surface area contributed by atoms with E-state index in [0.29, 0.717) is 5.69 Å². The Morgan fingerprint density at radius 3 is 2.88 bits per heavy atom. The monoisotopic (exact) mass is 217 g/mol. The second kappa shape index (κ2) is 4.06. The van der Waals surface area contributed by atoms with Gasteiger partial charge in [0.05, 0.1) is 12.1 Å². The van der Waals surface area contributed by atoms with Crippen molar-refractivity contribution >= 4 is 11.3 Å². The van der Waals surface area contributed by atoms with E-state index in [4.69, 9.17) is 5.73 Å². The molecule has 4 nitrogen and oxygen atoms in total. The SMILES string of the molecule is CC(C)c1nc(C(=O)CN)c2ccccn12. The summed E-state index contributed by atoms with van der Waals surface area (Å²) in [7, 11) is 0. The Labute approximate surface area is 94.1 Å². The second-order valence-electron chi connectivity index (χ2n) is 4.06. The summed E-state index contributed by atoms with van der Waals surface area (Å²) >= 11 is 0. The Hall–Kier alpha value is -1.68. The van der Waals surface area contributed by atoms with Crippen molar-refractivity contribution in [2.75, 3.05) is 6.54 Å². The van der Waals surface area contributed by atoms with E-state index in [2.05, 4.69) is 18.8 Å². The van der Waals surface area contributed by atoms with Crippen LogP contribution in [-0.2, 0) is 0 Å². The molecule has 0 amide bonds. The Balaban J connectivity index is 2.71. The van der Waals surface area contributed by atoms with Gasteiger partial charge in [-0.05, 0) is 12.1 Å². The molecule has 0 aromatic carbocycles. The first-order chi connectivity index (χ1) is 7.65. The molecule has 0 fully saturated rings. The maximum Gasteiger partial charge on any atom is 0.196 e. The number of pyridine rings is 1. The average Bonchev–Trinajstić information content (AvgIpc) is 2.67. The average molecular weight is 217 g/mol. The van der Waals surface area contributed by atoms with E-state index < -0.39 is 0 Å². The zero-order valence-electron chi connectivity index (χ0n) is 9.47. The maximum absolute atomic E-state index is 11.7. The van der Waals surface area contributed by atoms with Crippen LogP contribution in [-0.4, -0.2) is 21.7 Å². The van der Waals surface area contributed by atoms with Gasteiger partial charge in [0.15, 0.2) is 5.78 Å².